The summed E-state index contributed by atoms with van der Waals surface area (Å²) in [6.45, 7) is 5.41. The second kappa shape index (κ2) is 8.67. The van der Waals surface area contributed by atoms with Gasteiger partial charge in [-0.25, -0.2) is 4.79 Å². The van der Waals surface area contributed by atoms with Gasteiger partial charge in [-0.15, -0.1) is 0 Å². The Morgan fingerprint density at radius 2 is 1.83 bits per heavy atom. The predicted molar refractivity (Wildman–Crippen MR) is 87.0 cm³/mol. The minimum Gasteiger partial charge on any atom is -0.445 e. The molecule has 0 N–H and O–H groups in total. The number of piperidine rings is 1. The van der Waals surface area contributed by atoms with Crippen molar-refractivity contribution in [3.8, 4) is 0 Å². The van der Waals surface area contributed by atoms with Crippen LogP contribution in [0.15, 0.2) is 30.3 Å². The van der Waals surface area contributed by atoms with E-state index >= 15 is 0 Å². The molecule has 5 heteroatoms. The minimum atomic E-state index is -0.287. The zero-order valence-corrected chi connectivity index (χ0v) is 13.9. The molecule has 1 aromatic rings. The second-order valence-corrected chi connectivity index (χ2v) is 6.16. The third kappa shape index (κ3) is 5.67. The van der Waals surface area contributed by atoms with E-state index in [1.54, 1.807) is 4.90 Å². The highest BCUT2D eigenvalue weighted by Crippen LogP contribution is 2.15. The number of amides is 1. The Morgan fingerprint density at radius 3 is 2.43 bits per heavy atom. The Morgan fingerprint density at radius 1 is 1.17 bits per heavy atom. The van der Waals surface area contributed by atoms with E-state index < -0.39 is 0 Å². The molecule has 1 aliphatic heterocycles. The number of ketones is 1. The van der Waals surface area contributed by atoms with E-state index in [-0.39, 0.29) is 30.5 Å². The van der Waals surface area contributed by atoms with E-state index in [0.717, 1.165) is 18.4 Å². The molecule has 0 unspecified atom stereocenters. The topological polar surface area (TPSA) is 55.8 Å². The quantitative estimate of drug-likeness (QED) is 0.809. The summed E-state index contributed by atoms with van der Waals surface area (Å²) < 4.78 is 11.0. The van der Waals surface area contributed by atoms with E-state index in [1.165, 1.54) is 0 Å². The van der Waals surface area contributed by atoms with E-state index in [0.29, 0.717) is 19.7 Å². The van der Waals surface area contributed by atoms with E-state index in [2.05, 4.69) is 0 Å². The van der Waals surface area contributed by atoms with Crippen molar-refractivity contribution in [2.75, 3.05) is 19.7 Å². The number of carbonyl (C=O) groups excluding carboxylic acids is 2. The molecule has 126 valence electrons. The lowest BCUT2D eigenvalue weighted by atomic mass is 10.1. The van der Waals surface area contributed by atoms with Crippen LogP contribution in [0.4, 0.5) is 4.79 Å². The number of nitrogens with zero attached hydrogens (tertiary/aromatic N) is 1. The Balaban J connectivity index is 1.67. The number of likely N-dealkylation sites (tertiary alicyclic amines) is 1. The van der Waals surface area contributed by atoms with Gasteiger partial charge >= 0.3 is 6.09 Å². The molecule has 23 heavy (non-hydrogen) atoms. The fraction of sp³-hybridized carbons (Fsp3) is 0.556. The zero-order chi connectivity index (χ0) is 16.7. The Labute approximate surface area is 137 Å². The fourth-order valence-electron chi connectivity index (χ4n) is 2.38. The van der Waals surface area contributed by atoms with Gasteiger partial charge < -0.3 is 14.4 Å². The number of benzene rings is 1. The molecule has 0 saturated carbocycles. The molecule has 0 spiro atoms. The van der Waals surface area contributed by atoms with Crippen molar-refractivity contribution in [3.05, 3.63) is 35.9 Å². The Bertz CT molecular complexity index is 507. The largest absolute Gasteiger partial charge is 0.445 e. The van der Waals surface area contributed by atoms with E-state index in [1.807, 2.05) is 44.2 Å². The van der Waals surface area contributed by atoms with Crippen molar-refractivity contribution in [1.29, 1.82) is 0 Å². The van der Waals surface area contributed by atoms with Gasteiger partial charge in [0.1, 0.15) is 13.2 Å². The molecule has 0 aromatic heterocycles. The van der Waals surface area contributed by atoms with Crippen LogP contribution in [0.2, 0.25) is 0 Å². The summed E-state index contributed by atoms with van der Waals surface area (Å²) in [5.74, 6) is 0.123. The molecule has 1 amide bonds. The number of ether oxygens (including phenoxy) is 2. The lowest BCUT2D eigenvalue weighted by Crippen LogP contribution is -2.41. The van der Waals surface area contributed by atoms with Crippen LogP contribution >= 0.6 is 0 Å². The molecule has 0 radical (unpaired) electrons. The van der Waals surface area contributed by atoms with Crippen molar-refractivity contribution >= 4 is 11.9 Å². The molecule has 1 fully saturated rings. The highest BCUT2D eigenvalue weighted by atomic mass is 16.6. The number of hydrogen-bond donors (Lipinski definition) is 0. The average Bonchev–Trinajstić information content (AvgIpc) is 2.58. The van der Waals surface area contributed by atoms with Gasteiger partial charge in [0.2, 0.25) is 0 Å². The number of rotatable bonds is 6. The lowest BCUT2D eigenvalue weighted by Gasteiger charge is -2.31. The van der Waals surface area contributed by atoms with Gasteiger partial charge in [0.15, 0.2) is 5.78 Å². The van der Waals surface area contributed by atoms with Gasteiger partial charge in [-0.3, -0.25) is 4.79 Å². The van der Waals surface area contributed by atoms with Crippen LogP contribution < -0.4 is 0 Å². The van der Waals surface area contributed by atoms with Gasteiger partial charge in [-0.05, 0) is 18.4 Å². The average molecular weight is 319 g/mol. The predicted octanol–water partition coefficient (Wildman–Crippen LogP) is 3.03. The lowest BCUT2D eigenvalue weighted by molar-refractivity contribution is -0.129. The summed E-state index contributed by atoms with van der Waals surface area (Å²) in [6.07, 6.45) is 1.25. The number of hydrogen-bond acceptors (Lipinski definition) is 4. The van der Waals surface area contributed by atoms with Crippen LogP contribution in [0.25, 0.3) is 0 Å². The first kappa shape index (κ1) is 17.5. The van der Waals surface area contributed by atoms with Gasteiger partial charge in [0.05, 0.1) is 6.10 Å². The maximum absolute atomic E-state index is 12.0. The first-order chi connectivity index (χ1) is 11.1. The molecule has 1 saturated heterocycles. The molecule has 0 atom stereocenters. The summed E-state index contributed by atoms with van der Waals surface area (Å²) in [5.41, 5.74) is 0.978. The van der Waals surface area contributed by atoms with Crippen molar-refractivity contribution in [3.63, 3.8) is 0 Å². The Hall–Kier alpha value is -1.88. The summed E-state index contributed by atoms with van der Waals surface area (Å²) in [5, 5.41) is 0. The molecule has 1 heterocycles. The molecule has 2 rings (SSSR count). The molecule has 1 aliphatic rings. The first-order valence-corrected chi connectivity index (χ1v) is 8.16. The molecule has 0 bridgehead atoms. The molecular weight excluding hydrogens is 294 g/mol. The monoisotopic (exact) mass is 319 g/mol. The third-order valence-corrected chi connectivity index (χ3v) is 4.01. The van der Waals surface area contributed by atoms with Crippen molar-refractivity contribution < 1.29 is 19.1 Å². The van der Waals surface area contributed by atoms with Crippen LogP contribution in [-0.4, -0.2) is 42.6 Å². The van der Waals surface area contributed by atoms with Crippen LogP contribution in [0, 0.1) is 5.92 Å². The second-order valence-electron chi connectivity index (χ2n) is 6.16. The highest BCUT2D eigenvalue weighted by Gasteiger charge is 2.24. The zero-order valence-electron chi connectivity index (χ0n) is 13.9. The minimum absolute atomic E-state index is 0.00283. The SMILES string of the molecule is CC(C)C(=O)COC1CCN(C(=O)OCc2ccccc2)CC1. The summed E-state index contributed by atoms with van der Waals surface area (Å²) in [7, 11) is 0. The van der Waals surface area contributed by atoms with Gasteiger partial charge in [0.25, 0.3) is 0 Å². The summed E-state index contributed by atoms with van der Waals surface area (Å²) in [6, 6.07) is 9.63. The van der Waals surface area contributed by atoms with E-state index in [9.17, 15) is 9.59 Å². The maximum atomic E-state index is 12.0. The highest BCUT2D eigenvalue weighted by molar-refractivity contribution is 5.81. The summed E-state index contributed by atoms with van der Waals surface area (Å²) >= 11 is 0. The number of Topliss-reactive ketones (excluding diaryl/α,β-unsaturated/α-hetero) is 1. The smallest absolute Gasteiger partial charge is 0.410 e. The first-order valence-electron chi connectivity index (χ1n) is 8.16. The van der Waals surface area contributed by atoms with Crippen molar-refractivity contribution in [1.82, 2.24) is 4.90 Å². The van der Waals surface area contributed by atoms with Crippen molar-refractivity contribution in [2.45, 2.75) is 39.4 Å². The molecule has 0 aliphatic carbocycles. The van der Waals surface area contributed by atoms with E-state index in [4.69, 9.17) is 9.47 Å². The maximum Gasteiger partial charge on any atom is 0.410 e. The molecule has 5 nitrogen and oxygen atoms in total. The fourth-order valence-corrected chi connectivity index (χ4v) is 2.38. The van der Waals surface area contributed by atoms with Gasteiger partial charge in [0, 0.05) is 19.0 Å². The standard InChI is InChI=1S/C18H25NO4/c1-14(2)17(20)13-22-16-8-10-19(11-9-16)18(21)23-12-15-6-4-3-5-7-15/h3-7,14,16H,8-13H2,1-2H3. The molecular formula is C18H25NO4. The van der Waals surface area contributed by atoms with Crippen LogP contribution in [0.3, 0.4) is 0 Å². The Kier molecular flexibility index (Phi) is 6.59. The van der Waals surface area contributed by atoms with Crippen molar-refractivity contribution in [2.24, 2.45) is 5.92 Å². The van der Waals surface area contributed by atoms with Crippen LogP contribution in [0.5, 0.6) is 0 Å². The number of carbonyl (C=O) groups is 2. The van der Waals surface area contributed by atoms with Gasteiger partial charge in [-0.2, -0.15) is 0 Å². The van der Waals surface area contributed by atoms with Crippen LogP contribution in [-0.2, 0) is 20.9 Å². The normalized spacial score (nSPS) is 15.7. The summed E-state index contributed by atoms with van der Waals surface area (Å²) in [4.78, 5) is 25.3. The molecule has 1 aromatic carbocycles. The van der Waals surface area contributed by atoms with Gasteiger partial charge in [-0.1, -0.05) is 44.2 Å². The third-order valence-electron chi connectivity index (χ3n) is 4.01. The van der Waals surface area contributed by atoms with Crippen LogP contribution in [0.1, 0.15) is 32.3 Å².